The van der Waals surface area contributed by atoms with Crippen LogP contribution in [0, 0.1) is 19.3 Å². The third-order valence-corrected chi connectivity index (χ3v) is 4.69. The molecule has 1 aliphatic rings. The molecule has 0 bridgehead atoms. The topological polar surface area (TPSA) is 59.6 Å². The number of carbonyl (C=O) groups is 1. The molecule has 134 valence electrons. The van der Waals surface area contributed by atoms with Crippen LogP contribution in [0.3, 0.4) is 0 Å². The van der Waals surface area contributed by atoms with E-state index in [0.29, 0.717) is 26.2 Å². The Hall–Kier alpha value is -1.59. The molecule has 1 saturated heterocycles. The first kappa shape index (κ1) is 18.7. The Balaban J connectivity index is 1.74. The molecule has 2 rings (SSSR count). The molecule has 0 atom stereocenters. The molecule has 0 unspecified atom stereocenters. The van der Waals surface area contributed by atoms with E-state index >= 15 is 0 Å². The molecule has 0 spiro atoms. The van der Waals surface area contributed by atoms with Crippen molar-refractivity contribution >= 4 is 5.91 Å². The number of carbonyl (C=O) groups excluding carboxylic acids is 1. The molecule has 1 aromatic rings. The average molecular weight is 334 g/mol. The van der Waals surface area contributed by atoms with Gasteiger partial charge in [0.05, 0.1) is 19.6 Å². The lowest BCUT2D eigenvalue weighted by Crippen LogP contribution is -2.47. The molecule has 0 aromatic heterocycles. The number of amides is 1. The van der Waals surface area contributed by atoms with Gasteiger partial charge in [0.25, 0.3) is 0 Å². The Kier molecular flexibility index (Phi) is 7.06. The lowest BCUT2D eigenvalue weighted by Gasteiger charge is -2.37. The van der Waals surface area contributed by atoms with Gasteiger partial charge in [-0.15, -0.1) is 0 Å². The van der Waals surface area contributed by atoms with E-state index < -0.39 is 0 Å². The van der Waals surface area contributed by atoms with Crippen LogP contribution in [0.4, 0.5) is 0 Å². The van der Waals surface area contributed by atoms with Crippen molar-refractivity contribution in [3.05, 3.63) is 29.3 Å². The monoisotopic (exact) mass is 334 g/mol. The van der Waals surface area contributed by atoms with Gasteiger partial charge in [0.2, 0.25) is 5.91 Å². The second kappa shape index (κ2) is 9.04. The van der Waals surface area contributed by atoms with Gasteiger partial charge in [0.15, 0.2) is 0 Å². The maximum Gasteiger partial charge on any atom is 0.223 e. The van der Waals surface area contributed by atoms with Crippen LogP contribution < -0.4 is 15.4 Å². The van der Waals surface area contributed by atoms with Crippen molar-refractivity contribution in [1.29, 1.82) is 0 Å². The van der Waals surface area contributed by atoms with E-state index in [1.165, 1.54) is 5.56 Å². The fourth-order valence-corrected chi connectivity index (χ4v) is 3.22. The van der Waals surface area contributed by atoms with Gasteiger partial charge in [0, 0.05) is 19.1 Å². The van der Waals surface area contributed by atoms with Crippen LogP contribution in [0.5, 0.6) is 5.75 Å². The normalized spacial score (nSPS) is 16.6. The number of hydrogen-bond acceptors (Lipinski definition) is 4. The van der Waals surface area contributed by atoms with Crippen LogP contribution in [0.25, 0.3) is 0 Å². The van der Waals surface area contributed by atoms with E-state index in [2.05, 4.69) is 23.6 Å². The summed E-state index contributed by atoms with van der Waals surface area (Å²) < 4.78 is 11.1. The zero-order valence-electron chi connectivity index (χ0n) is 15.1. The van der Waals surface area contributed by atoms with Crippen molar-refractivity contribution < 1.29 is 14.3 Å². The van der Waals surface area contributed by atoms with Gasteiger partial charge in [-0.2, -0.15) is 0 Å². The first-order valence-corrected chi connectivity index (χ1v) is 8.71. The van der Waals surface area contributed by atoms with Crippen molar-refractivity contribution in [2.24, 2.45) is 5.41 Å². The zero-order chi connectivity index (χ0) is 17.4. The molecule has 1 heterocycles. The number of benzene rings is 1. The maximum atomic E-state index is 12.1. The summed E-state index contributed by atoms with van der Waals surface area (Å²) in [4.78, 5) is 12.1. The van der Waals surface area contributed by atoms with Crippen molar-refractivity contribution in [2.45, 2.75) is 33.1 Å². The summed E-state index contributed by atoms with van der Waals surface area (Å²) in [6.07, 6.45) is 2.43. The Labute approximate surface area is 145 Å². The average Bonchev–Trinajstić information content (AvgIpc) is 2.56. The zero-order valence-corrected chi connectivity index (χ0v) is 15.1. The Morgan fingerprint density at radius 1 is 1.29 bits per heavy atom. The SMILES string of the molecule is COCC1(CNC(=O)CCOc2ccc(C)cc2C)CCNCC1. The molecule has 0 saturated carbocycles. The van der Waals surface area contributed by atoms with Crippen LogP contribution in [0.1, 0.15) is 30.4 Å². The predicted molar refractivity (Wildman–Crippen MR) is 95.5 cm³/mol. The first-order chi connectivity index (χ1) is 11.5. The van der Waals surface area contributed by atoms with Crippen LogP contribution in [-0.4, -0.2) is 45.9 Å². The minimum atomic E-state index is 0.0359. The molecule has 5 nitrogen and oxygen atoms in total. The molecule has 2 N–H and O–H groups in total. The minimum Gasteiger partial charge on any atom is -0.493 e. The maximum absolute atomic E-state index is 12.1. The molecular weight excluding hydrogens is 304 g/mol. The third kappa shape index (κ3) is 5.49. The van der Waals surface area contributed by atoms with E-state index in [-0.39, 0.29) is 11.3 Å². The van der Waals surface area contributed by atoms with E-state index in [0.717, 1.165) is 37.2 Å². The van der Waals surface area contributed by atoms with Gasteiger partial charge in [-0.1, -0.05) is 17.7 Å². The van der Waals surface area contributed by atoms with Crippen LogP contribution in [0.2, 0.25) is 0 Å². The van der Waals surface area contributed by atoms with E-state index in [9.17, 15) is 4.79 Å². The number of aryl methyl sites for hydroxylation is 2. The fourth-order valence-electron chi connectivity index (χ4n) is 3.22. The first-order valence-electron chi connectivity index (χ1n) is 8.71. The van der Waals surface area contributed by atoms with E-state index in [1.807, 2.05) is 19.1 Å². The number of methoxy groups -OCH3 is 1. The van der Waals surface area contributed by atoms with Crippen molar-refractivity contribution in [1.82, 2.24) is 10.6 Å². The summed E-state index contributed by atoms with van der Waals surface area (Å²) in [5.41, 5.74) is 2.37. The van der Waals surface area contributed by atoms with E-state index in [4.69, 9.17) is 9.47 Å². The van der Waals surface area contributed by atoms with Gasteiger partial charge in [-0.05, 0) is 51.4 Å². The Morgan fingerprint density at radius 2 is 2.04 bits per heavy atom. The standard InChI is InChI=1S/C19H30N2O3/c1-15-4-5-17(16(2)12-15)24-11-6-18(22)21-13-19(14-23-3)7-9-20-10-8-19/h4-5,12,20H,6-11,13-14H2,1-3H3,(H,21,22). The highest BCUT2D eigenvalue weighted by atomic mass is 16.5. The van der Waals surface area contributed by atoms with Crippen LogP contribution in [-0.2, 0) is 9.53 Å². The lowest BCUT2D eigenvalue weighted by atomic mass is 9.79. The molecule has 5 heteroatoms. The van der Waals surface area contributed by atoms with Crippen molar-refractivity contribution in [2.75, 3.05) is 40.0 Å². The number of rotatable bonds is 8. The summed E-state index contributed by atoms with van der Waals surface area (Å²) in [7, 11) is 1.73. The summed E-state index contributed by atoms with van der Waals surface area (Å²) in [5, 5.41) is 6.42. The Bertz CT molecular complexity index is 534. The summed E-state index contributed by atoms with van der Waals surface area (Å²) >= 11 is 0. The second-order valence-corrected chi connectivity index (χ2v) is 6.83. The van der Waals surface area contributed by atoms with Gasteiger partial charge in [-0.3, -0.25) is 4.79 Å². The van der Waals surface area contributed by atoms with Gasteiger partial charge in [-0.25, -0.2) is 0 Å². The van der Waals surface area contributed by atoms with Crippen molar-refractivity contribution in [3.63, 3.8) is 0 Å². The summed E-state index contributed by atoms with van der Waals surface area (Å²) in [6.45, 7) is 7.80. The van der Waals surface area contributed by atoms with Crippen LogP contribution >= 0.6 is 0 Å². The predicted octanol–water partition coefficient (Wildman–Crippen LogP) is 2.20. The number of nitrogens with one attached hydrogen (secondary N) is 2. The summed E-state index contributed by atoms with van der Waals surface area (Å²) in [6, 6.07) is 6.07. The molecule has 1 aliphatic heterocycles. The number of ether oxygens (including phenoxy) is 2. The molecule has 1 fully saturated rings. The fraction of sp³-hybridized carbons (Fsp3) is 0.632. The molecule has 0 radical (unpaired) electrons. The molecular formula is C19H30N2O3. The van der Waals surface area contributed by atoms with Crippen molar-refractivity contribution in [3.8, 4) is 5.75 Å². The third-order valence-electron chi connectivity index (χ3n) is 4.69. The smallest absolute Gasteiger partial charge is 0.223 e. The Morgan fingerprint density at radius 3 is 2.71 bits per heavy atom. The molecule has 24 heavy (non-hydrogen) atoms. The largest absolute Gasteiger partial charge is 0.493 e. The number of piperidine rings is 1. The highest BCUT2D eigenvalue weighted by Crippen LogP contribution is 2.28. The highest BCUT2D eigenvalue weighted by molar-refractivity contribution is 5.76. The molecule has 1 aromatic carbocycles. The molecule has 0 aliphatic carbocycles. The van der Waals surface area contributed by atoms with Gasteiger partial charge < -0.3 is 20.1 Å². The van der Waals surface area contributed by atoms with Gasteiger partial charge in [0.1, 0.15) is 5.75 Å². The molecule has 1 amide bonds. The van der Waals surface area contributed by atoms with E-state index in [1.54, 1.807) is 7.11 Å². The quantitative estimate of drug-likeness (QED) is 0.765. The minimum absolute atomic E-state index is 0.0359. The number of hydrogen-bond donors (Lipinski definition) is 2. The second-order valence-electron chi connectivity index (χ2n) is 6.83. The highest BCUT2D eigenvalue weighted by Gasteiger charge is 2.32. The summed E-state index contributed by atoms with van der Waals surface area (Å²) in [5.74, 6) is 0.886. The van der Waals surface area contributed by atoms with Gasteiger partial charge >= 0.3 is 0 Å². The lowest BCUT2D eigenvalue weighted by molar-refractivity contribution is -0.122. The van der Waals surface area contributed by atoms with Crippen LogP contribution in [0.15, 0.2) is 18.2 Å².